The average molecular weight is 256 g/mol. The maximum absolute atomic E-state index is 6.37. The lowest BCUT2D eigenvalue weighted by Crippen LogP contribution is -2.27. The van der Waals surface area contributed by atoms with Gasteiger partial charge >= 0.3 is 0 Å². The largest absolute Gasteiger partial charge is 0.328 e. The Kier molecular flexibility index (Phi) is 4.10. The van der Waals surface area contributed by atoms with Gasteiger partial charge in [-0.15, -0.1) is 0 Å². The van der Waals surface area contributed by atoms with Crippen molar-refractivity contribution < 1.29 is 0 Å². The lowest BCUT2D eigenvalue weighted by atomic mass is 9.84. The topological polar surface area (TPSA) is 43.8 Å². The zero-order valence-electron chi connectivity index (χ0n) is 10.7. The van der Waals surface area contributed by atoms with E-state index >= 15 is 0 Å². The van der Waals surface area contributed by atoms with E-state index in [-0.39, 0.29) is 0 Å². The normalized spacial score (nSPS) is 25.2. The molecule has 96 valence electrons. The third kappa shape index (κ3) is 2.83. The van der Waals surface area contributed by atoms with Crippen molar-refractivity contribution in [2.45, 2.75) is 51.5 Å². The molecule has 1 saturated carbocycles. The first kappa shape index (κ1) is 12.9. The Bertz CT molecular complexity index is 378. The number of aromatic nitrogens is 2. The zero-order valence-corrected chi connectivity index (χ0v) is 11.5. The Morgan fingerprint density at radius 3 is 2.53 bits per heavy atom. The number of hydrogen-bond donors (Lipinski definition) is 1. The first-order valence-electron chi connectivity index (χ1n) is 6.57. The van der Waals surface area contributed by atoms with Crippen molar-refractivity contribution >= 4 is 11.6 Å². The molecule has 1 heterocycles. The van der Waals surface area contributed by atoms with Gasteiger partial charge in [-0.05, 0) is 44.4 Å². The molecule has 2 rings (SSSR count). The molecule has 0 aliphatic heterocycles. The number of aryl methyl sites for hydroxylation is 2. The standard InChI is InChI=1S/C13H22ClN3/c1-3-11-13(14)12(17(2)16-11)8-9-4-6-10(15)7-5-9/h9-10H,3-8,15H2,1-2H3. The molecule has 0 radical (unpaired) electrons. The molecular formula is C13H22ClN3. The number of nitrogens with two attached hydrogens (primary N) is 1. The van der Waals surface area contributed by atoms with E-state index in [0.29, 0.717) is 6.04 Å². The predicted molar refractivity (Wildman–Crippen MR) is 71.2 cm³/mol. The van der Waals surface area contributed by atoms with Crippen molar-refractivity contribution in [2.75, 3.05) is 0 Å². The third-order valence-electron chi connectivity index (χ3n) is 3.88. The fourth-order valence-corrected chi connectivity index (χ4v) is 3.08. The minimum absolute atomic E-state index is 0.416. The lowest BCUT2D eigenvalue weighted by molar-refractivity contribution is 0.320. The van der Waals surface area contributed by atoms with E-state index < -0.39 is 0 Å². The van der Waals surface area contributed by atoms with Crippen molar-refractivity contribution in [3.8, 4) is 0 Å². The van der Waals surface area contributed by atoms with E-state index in [4.69, 9.17) is 17.3 Å². The first-order valence-corrected chi connectivity index (χ1v) is 6.95. The average Bonchev–Trinajstić information content (AvgIpc) is 2.59. The van der Waals surface area contributed by atoms with Gasteiger partial charge < -0.3 is 5.73 Å². The summed E-state index contributed by atoms with van der Waals surface area (Å²) in [7, 11) is 1.99. The van der Waals surface area contributed by atoms with Gasteiger partial charge in [0.05, 0.1) is 16.4 Å². The highest BCUT2D eigenvalue weighted by Crippen LogP contribution is 2.30. The minimum Gasteiger partial charge on any atom is -0.328 e. The summed E-state index contributed by atoms with van der Waals surface area (Å²) in [5, 5.41) is 5.35. The Morgan fingerprint density at radius 1 is 1.35 bits per heavy atom. The minimum atomic E-state index is 0.416. The van der Waals surface area contributed by atoms with E-state index in [0.717, 1.165) is 42.3 Å². The quantitative estimate of drug-likeness (QED) is 0.903. The summed E-state index contributed by atoms with van der Waals surface area (Å²) >= 11 is 6.37. The van der Waals surface area contributed by atoms with Gasteiger partial charge in [0.2, 0.25) is 0 Å². The SMILES string of the molecule is CCc1nn(C)c(CC2CCC(N)CC2)c1Cl. The molecule has 1 aliphatic rings. The highest BCUT2D eigenvalue weighted by Gasteiger charge is 2.22. The first-order chi connectivity index (χ1) is 8.11. The van der Waals surface area contributed by atoms with Crippen LogP contribution in [0.2, 0.25) is 5.02 Å². The highest BCUT2D eigenvalue weighted by atomic mass is 35.5. The molecule has 0 unspecified atom stereocenters. The van der Waals surface area contributed by atoms with Crippen molar-refractivity contribution in [1.82, 2.24) is 9.78 Å². The maximum Gasteiger partial charge on any atom is 0.0849 e. The molecule has 17 heavy (non-hydrogen) atoms. The Balaban J connectivity index is 2.05. The van der Waals surface area contributed by atoms with Crippen LogP contribution in [0.3, 0.4) is 0 Å². The molecule has 1 aliphatic carbocycles. The number of nitrogens with zero attached hydrogens (tertiary/aromatic N) is 2. The molecule has 1 fully saturated rings. The van der Waals surface area contributed by atoms with Crippen molar-refractivity contribution in [3.05, 3.63) is 16.4 Å². The summed E-state index contributed by atoms with van der Waals surface area (Å²) in [6.45, 7) is 2.09. The van der Waals surface area contributed by atoms with Crippen molar-refractivity contribution in [3.63, 3.8) is 0 Å². The summed E-state index contributed by atoms with van der Waals surface area (Å²) < 4.78 is 1.95. The zero-order chi connectivity index (χ0) is 12.4. The Morgan fingerprint density at radius 2 is 2.00 bits per heavy atom. The molecular weight excluding hydrogens is 234 g/mol. The lowest BCUT2D eigenvalue weighted by Gasteiger charge is -2.26. The number of rotatable bonds is 3. The molecule has 0 aromatic carbocycles. The summed E-state index contributed by atoms with van der Waals surface area (Å²) in [6.07, 6.45) is 6.72. The van der Waals surface area contributed by atoms with Crippen LogP contribution in [0.4, 0.5) is 0 Å². The van der Waals surface area contributed by atoms with E-state index in [9.17, 15) is 0 Å². The van der Waals surface area contributed by atoms with Gasteiger partial charge in [0.25, 0.3) is 0 Å². The third-order valence-corrected chi connectivity index (χ3v) is 4.31. The van der Waals surface area contributed by atoms with Gasteiger partial charge in [-0.2, -0.15) is 5.10 Å². The van der Waals surface area contributed by atoms with E-state index in [2.05, 4.69) is 12.0 Å². The van der Waals surface area contributed by atoms with Crippen LogP contribution in [-0.4, -0.2) is 15.8 Å². The maximum atomic E-state index is 6.37. The van der Waals surface area contributed by atoms with Crippen LogP contribution in [0.25, 0.3) is 0 Å². The van der Waals surface area contributed by atoms with Crippen LogP contribution in [-0.2, 0) is 19.9 Å². The van der Waals surface area contributed by atoms with Gasteiger partial charge in [0.1, 0.15) is 0 Å². The molecule has 1 aromatic rings. The van der Waals surface area contributed by atoms with Crippen molar-refractivity contribution in [2.24, 2.45) is 18.7 Å². The van der Waals surface area contributed by atoms with E-state index in [1.165, 1.54) is 18.5 Å². The van der Waals surface area contributed by atoms with Crippen LogP contribution in [0, 0.1) is 5.92 Å². The second-order valence-electron chi connectivity index (χ2n) is 5.17. The van der Waals surface area contributed by atoms with Gasteiger partial charge in [-0.1, -0.05) is 18.5 Å². The predicted octanol–water partition coefficient (Wildman–Crippen LogP) is 2.70. The molecule has 1 aromatic heterocycles. The monoisotopic (exact) mass is 255 g/mol. The number of halogens is 1. The molecule has 0 saturated heterocycles. The summed E-state index contributed by atoms with van der Waals surface area (Å²) in [5.41, 5.74) is 8.16. The highest BCUT2D eigenvalue weighted by molar-refractivity contribution is 6.31. The summed E-state index contributed by atoms with van der Waals surface area (Å²) in [4.78, 5) is 0. The molecule has 3 nitrogen and oxygen atoms in total. The fourth-order valence-electron chi connectivity index (χ4n) is 2.71. The summed E-state index contributed by atoms with van der Waals surface area (Å²) in [5.74, 6) is 0.729. The fraction of sp³-hybridized carbons (Fsp3) is 0.769. The number of hydrogen-bond acceptors (Lipinski definition) is 2. The van der Waals surface area contributed by atoms with Crippen LogP contribution < -0.4 is 5.73 Å². The van der Waals surface area contributed by atoms with Gasteiger partial charge in [-0.3, -0.25) is 4.68 Å². The van der Waals surface area contributed by atoms with Crippen LogP contribution in [0.5, 0.6) is 0 Å². The second kappa shape index (κ2) is 5.40. The molecule has 2 N–H and O–H groups in total. The van der Waals surface area contributed by atoms with Crippen LogP contribution in [0.15, 0.2) is 0 Å². The molecule has 0 atom stereocenters. The smallest absolute Gasteiger partial charge is 0.0849 e. The molecule has 0 spiro atoms. The second-order valence-corrected chi connectivity index (χ2v) is 5.55. The molecule has 0 amide bonds. The Labute approximate surface area is 108 Å². The van der Waals surface area contributed by atoms with Crippen LogP contribution in [0.1, 0.15) is 44.0 Å². The van der Waals surface area contributed by atoms with E-state index in [1.807, 2.05) is 11.7 Å². The van der Waals surface area contributed by atoms with Crippen LogP contribution >= 0.6 is 11.6 Å². The van der Waals surface area contributed by atoms with Gasteiger partial charge in [0, 0.05) is 13.1 Å². The molecule has 0 bridgehead atoms. The van der Waals surface area contributed by atoms with E-state index in [1.54, 1.807) is 0 Å². The molecule has 4 heteroatoms. The summed E-state index contributed by atoms with van der Waals surface area (Å²) in [6, 6.07) is 0.416. The Hall–Kier alpha value is -0.540. The van der Waals surface area contributed by atoms with Gasteiger partial charge in [-0.25, -0.2) is 0 Å². The van der Waals surface area contributed by atoms with Gasteiger partial charge in [0.15, 0.2) is 0 Å². The van der Waals surface area contributed by atoms with Crippen molar-refractivity contribution in [1.29, 1.82) is 0 Å².